The van der Waals surface area contributed by atoms with Gasteiger partial charge in [-0.2, -0.15) is 0 Å². The van der Waals surface area contributed by atoms with Crippen LogP contribution in [0.1, 0.15) is 129 Å². The van der Waals surface area contributed by atoms with Crippen LogP contribution in [0.2, 0.25) is 0 Å². The molecule has 1 aromatic carbocycles. The summed E-state index contributed by atoms with van der Waals surface area (Å²) < 4.78 is 0. The quantitative estimate of drug-likeness (QED) is 0.142. The summed E-state index contributed by atoms with van der Waals surface area (Å²) in [5.41, 5.74) is 2.55. The maximum atomic E-state index is 10.9. The molecule has 0 saturated carbocycles. The van der Waals surface area contributed by atoms with Gasteiger partial charge in [0, 0.05) is 0 Å². The molecule has 1 aromatic rings. The van der Waals surface area contributed by atoms with Crippen LogP contribution >= 0.6 is 0 Å². The number of rotatable bonds is 21. The number of aryl methyl sites for hydroxylation is 1. The predicted molar refractivity (Wildman–Crippen MR) is 141 cm³/mol. The number of carboxylic acid groups (broad SMARTS) is 1. The van der Waals surface area contributed by atoms with E-state index in [9.17, 15) is 9.90 Å². The van der Waals surface area contributed by atoms with E-state index in [0.29, 0.717) is 5.75 Å². The van der Waals surface area contributed by atoms with Gasteiger partial charge in [0.1, 0.15) is 5.75 Å². The van der Waals surface area contributed by atoms with Gasteiger partial charge >= 0.3 is 5.97 Å². The third-order valence-corrected chi connectivity index (χ3v) is 6.65. The van der Waals surface area contributed by atoms with E-state index in [1.165, 1.54) is 114 Å². The molecule has 0 bridgehead atoms. The second kappa shape index (κ2) is 19.7. The number of carbonyl (C=O) groups is 1. The average molecular weight is 459 g/mol. The molecule has 0 amide bonds. The zero-order valence-corrected chi connectivity index (χ0v) is 21.5. The molecule has 0 heterocycles. The van der Waals surface area contributed by atoms with Crippen molar-refractivity contribution in [2.75, 3.05) is 0 Å². The Hall–Kier alpha value is -1.77. The molecule has 0 aromatic heterocycles. The van der Waals surface area contributed by atoms with Crippen molar-refractivity contribution in [1.82, 2.24) is 0 Å². The molecule has 33 heavy (non-hydrogen) atoms. The van der Waals surface area contributed by atoms with Gasteiger partial charge in [0.2, 0.25) is 0 Å². The summed E-state index contributed by atoms with van der Waals surface area (Å²) in [6.07, 6.45) is 25.6. The Morgan fingerprint density at radius 3 is 1.55 bits per heavy atom. The van der Waals surface area contributed by atoms with Gasteiger partial charge in [-0.05, 0) is 57.2 Å². The van der Waals surface area contributed by atoms with E-state index in [-0.39, 0.29) is 5.92 Å². The highest BCUT2D eigenvalue weighted by atomic mass is 16.4. The fourth-order valence-corrected chi connectivity index (χ4v) is 4.45. The van der Waals surface area contributed by atoms with Crippen LogP contribution in [0, 0.1) is 5.92 Å². The molecule has 0 aliphatic carbocycles. The van der Waals surface area contributed by atoms with Crippen LogP contribution < -0.4 is 0 Å². The highest BCUT2D eigenvalue weighted by Gasteiger charge is 2.07. The van der Waals surface area contributed by atoms with E-state index < -0.39 is 5.97 Å². The summed E-state index contributed by atoms with van der Waals surface area (Å²) in [4.78, 5) is 10.9. The van der Waals surface area contributed by atoms with Crippen LogP contribution in [-0.2, 0) is 11.2 Å². The summed E-state index contributed by atoms with van der Waals surface area (Å²) in [6.45, 7) is 3.80. The first-order valence-electron chi connectivity index (χ1n) is 13.7. The van der Waals surface area contributed by atoms with Crippen LogP contribution in [0.25, 0.3) is 0 Å². The first-order valence-corrected chi connectivity index (χ1v) is 13.7. The van der Waals surface area contributed by atoms with Crippen LogP contribution in [-0.4, -0.2) is 16.2 Å². The fraction of sp³-hybridized carbons (Fsp3) is 0.700. The Morgan fingerprint density at radius 2 is 1.12 bits per heavy atom. The molecule has 3 heteroatoms. The molecule has 1 rings (SSSR count). The van der Waals surface area contributed by atoms with Crippen molar-refractivity contribution in [3.05, 3.63) is 41.5 Å². The number of benzene rings is 1. The Labute approximate surface area is 203 Å². The zero-order valence-electron chi connectivity index (χ0n) is 21.5. The van der Waals surface area contributed by atoms with Crippen molar-refractivity contribution < 1.29 is 15.0 Å². The van der Waals surface area contributed by atoms with Crippen molar-refractivity contribution in [2.24, 2.45) is 5.92 Å². The molecule has 0 aliphatic heterocycles. The molecule has 0 spiro atoms. The Morgan fingerprint density at radius 1 is 0.727 bits per heavy atom. The van der Waals surface area contributed by atoms with Gasteiger partial charge < -0.3 is 10.2 Å². The van der Waals surface area contributed by atoms with E-state index in [2.05, 4.69) is 6.92 Å². The lowest BCUT2D eigenvalue weighted by Gasteiger charge is -2.05. The average Bonchev–Trinajstić information content (AvgIpc) is 2.79. The first kappa shape index (κ1) is 29.3. The third kappa shape index (κ3) is 17.4. The molecule has 0 saturated heterocycles. The van der Waals surface area contributed by atoms with Crippen molar-refractivity contribution in [3.8, 4) is 5.75 Å². The topological polar surface area (TPSA) is 57.5 Å². The Kier molecular flexibility index (Phi) is 17.4. The van der Waals surface area contributed by atoms with Gasteiger partial charge in [-0.1, -0.05) is 114 Å². The number of allylic oxidation sites excluding steroid dienone is 1. The number of hydrogen-bond acceptors (Lipinski definition) is 2. The number of carboxylic acids is 1. The Balaban J connectivity index is 1.76. The molecule has 0 aliphatic rings. The summed E-state index contributed by atoms with van der Waals surface area (Å²) in [6, 6.07) is 7.63. The minimum absolute atomic E-state index is 0.358. The molecular weight excluding hydrogens is 408 g/mol. The molecular formula is C30H50O3. The molecule has 2 N–H and O–H groups in total. The maximum absolute atomic E-state index is 10.9. The lowest BCUT2D eigenvalue weighted by atomic mass is 10.0. The summed E-state index contributed by atoms with van der Waals surface area (Å²) in [5, 5.41) is 18.2. The normalized spacial score (nSPS) is 12.7. The van der Waals surface area contributed by atoms with E-state index in [0.717, 1.165) is 12.8 Å². The van der Waals surface area contributed by atoms with Crippen molar-refractivity contribution in [2.45, 2.75) is 129 Å². The summed E-state index contributed by atoms with van der Waals surface area (Å²) >= 11 is 0. The van der Waals surface area contributed by atoms with Crippen LogP contribution in [0.3, 0.4) is 0 Å². The third-order valence-electron chi connectivity index (χ3n) is 6.65. The van der Waals surface area contributed by atoms with Crippen molar-refractivity contribution in [1.29, 1.82) is 0 Å². The summed E-state index contributed by atoms with van der Waals surface area (Å²) in [7, 11) is 0. The zero-order chi connectivity index (χ0) is 24.2. The van der Waals surface area contributed by atoms with Gasteiger partial charge in [-0.15, -0.1) is 0 Å². The van der Waals surface area contributed by atoms with E-state index in [1.54, 1.807) is 19.1 Å². The van der Waals surface area contributed by atoms with Gasteiger partial charge in [-0.3, -0.25) is 4.79 Å². The smallest absolute Gasteiger partial charge is 0.310 e. The molecule has 0 radical (unpaired) electrons. The minimum Gasteiger partial charge on any atom is -0.508 e. The monoisotopic (exact) mass is 458 g/mol. The number of aromatic hydroxyl groups is 1. The van der Waals surface area contributed by atoms with Gasteiger partial charge in [0.15, 0.2) is 0 Å². The highest BCUT2D eigenvalue weighted by Crippen LogP contribution is 2.17. The van der Waals surface area contributed by atoms with Gasteiger partial charge in [0.05, 0.1) is 5.92 Å². The largest absolute Gasteiger partial charge is 0.508 e. The Bertz CT molecular complexity index is 632. The second-order valence-corrected chi connectivity index (χ2v) is 9.96. The lowest BCUT2D eigenvalue weighted by molar-refractivity contribution is -0.139. The SMILES string of the molecule is CC(=C[C@H](C)C(=O)O)CCCCCCCCCCCCCCCCCCc1ccc(O)cc1. The second-order valence-electron chi connectivity index (χ2n) is 9.96. The summed E-state index contributed by atoms with van der Waals surface area (Å²) in [5.74, 6) is -0.738. The van der Waals surface area contributed by atoms with Crippen LogP contribution in [0.4, 0.5) is 0 Å². The minimum atomic E-state index is -0.733. The van der Waals surface area contributed by atoms with Gasteiger partial charge in [0.25, 0.3) is 0 Å². The molecule has 188 valence electrons. The number of aliphatic carboxylic acids is 1. The van der Waals surface area contributed by atoms with Crippen LogP contribution in [0.5, 0.6) is 5.75 Å². The number of phenolic OH excluding ortho intramolecular Hbond substituents is 1. The molecule has 3 nitrogen and oxygen atoms in total. The maximum Gasteiger partial charge on any atom is 0.310 e. The number of unbranched alkanes of at least 4 members (excludes halogenated alkanes) is 15. The van der Waals surface area contributed by atoms with Gasteiger partial charge in [-0.25, -0.2) is 0 Å². The first-order chi connectivity index (χ1) is 16.0. The fourth-order valence-electron chi connectivity index (χ4n) is 4.45. The predicted octanol–water partition coefficient (Wildman–Crippen LogP) is 9.23. The number of phenols is 1. The standard InChI is InChI=1S/C30H50O3/c1-26(25-27(2)30(32)33)19-17-15-13-11-9-7-5-3-4-6-8-10-12-14-16-18-20-28-21-23-29(31)24-22-28/h21-25,27,31H,3-20H2,1-2H3,(H,32,33)/t27-/m0/s1. The number of hydrogen-bond donors (Lipinski definition) is 2. The highest BCUT2D eigenvalue weighted by molar-refractivity contribution is 5.71. The lowest BCUT2D eigenvalue weighted by Crippen LogP contribution is -2.06. The van der Waals surface area contributed by atoms with E-state index >= 15 is 0 Å². The molecule has 0 fully saturated rings. The van der Waals surface area contributed by atoms with Crippen LogP contribution in [0.15, 0.2) is 35.9 Å². The van der Waals surface area contributed by atoms with E-state index in [1.807, 2.05) is 18.2 Å². The van der Waals surface area contributed by atoms with E-state index in [4.69, 9.17) is 5.11 Å². The van der Waals surface area contributed by atoms with Crippen molar-refractivity contribution in [3.63, 3.8) is 0 Å². The van der Waals surface area contributed by atoms with Crippen molar-refractivity contribution >= 4 is 5.97 Å². The molecule has 0 unspecified atom stereocenters. The molecule has 1 atom stereocenters.